The molecule has 0 radical (unpaired) electrons. The minimum Gasteiger partial charge on any atom is -0.437 e. The summed E-state index contributed by atoms with van der Waals surface area (Å²) in [6.45, 7) is 0. The second-order valence-electron chi connectivity index (χ2n) is 4.05. The summed E-state index contributed by atoms with van der Waals surface area (Å²) in [4.78, 5) is 4.35. The van der Waals surface area contributed by atoms with Gasteiger partial charge in [0.25, 0.3) is 0 Å². The molecule has 0 atom stereocenters. The van der Waals surface area contributed by atoms with Crippen LogP contribution in [-0.2, 0) is 0 Å². The molecule has 0 spiro atoms. The summed E-state index contributed by atoms with van der Waals surface area (Å²) in [6.07, 6.45) is 3.61. The maximum atomic E-state index is 9.01. The van der Waals surface area contributed by atoms with Gasteiger partial charge in [0.05, 0.1) is 11.6 Å². The molecule has 0 aliphatic rings. The molecule has 1 heterocycles. The third-order valence-corrected chi connectivity index (χ3v) is 2.80. The fraction of sp³-hybridized carbons (Fsp3) is 0. The van der Waals surface area contributed by atoms with Crippen molar-refractivity contribution in [1.82, 2.24) is 4.98 Å². The molecular formula is C16H10N2O. The van der Waals surface area contributed by atoms with Crippen LogP contribution in [0, 0.1) is 11.3 Å². The second-order valence-corrected chi connectivity index (χ2v) is 4.05. The summed E-state index contributed by atoms with van der Waals surface area (Å²) in [7, 11) is 0. The zero-order valence-electron chi connectivity index (χ0n) is 10.1. The van der Waals surface area contributed by atoms with E-state index in [0.29, 0.717) is 11.5 Å². The van der Waals surface area contributed by atoms with Gasteiger partial charge in [-0.25, -0.2) is 4.98 Å². The van der Waals surface area contributed by atoms with Gasteiger partial charge in [-0.05, 0) is 29.8 Å². The van der Waals surface area contributed by atoms with Crippen LogP contribution in [0.15, 0.2) is 52.9 Å². The molecule has 0 bridgehead atoms. The maximum Gasteiger partial charge on any atom is 0.220 e. The van der Waals surface area contributed by atoms with Crippen LogP contribution >= 0.6 is 0 Å². The normalized spacial score (nSPS) is 10.9. The highest BCUT2D eigenvalue weighted by Crippen LogP contribution is 2.17. The van der Waals surface area contributed by atoms with E-state index < -0.39 is 0 Å². The Bertz CT molecular complexity index is 761. The Morgan fingerprint density at radius 1 is 1.00 bits per heavy atom. The van der Waals surface area contributed by atoms with Gasteiger partial charge in [0.15, 0.2) is 5.58 Å². The van der Waals surface area contributed by atoms with Crippen molar-refractivity contribution in [3.05, 3.63) is 65.5 Å². The van der Waals surface area contributed by atoms with E-state index in [1.807, 2.05) is 48.5 Å². The number of para-hydroxylation sites is 2. The van der Waals surface area contributed by atoms with Crippen LogP contribution in [0.25, 0.3) is 23.3 Å². The van der Waals surface area contributed by atoms with Crippen LogP contribution in [-0.4, -0.2) is 4.98 Å². The Balaban J connectivity index is 1.96. The van der Waals surface area contributed by atoms with E-state index in [9.17, 15) is 0 Å². The number of fused-ring (bicyclic) bond motifs is 1. The van der Waals surface area contributed by atoms with Crippen molar-refractivity contribution in [3.63, 3.8) is 0 Å². The van der Waals surface area contributed by atoms with Gasteiger partial charge in [-0.2, -0.15) is 5.26 Å². The maximum absolute atomic E-state index is 9.01. The Kier molecular flexibility index (Phi) is 2.83. The highest BCUT2D eigenvalue weighted by Gasteiger charge is 2.02. The fourth-order valence-electron chi connectivity index (χ4n) is 1.87. The van der Waals surface area contributed by atoms with Crippen LogP contribution in [0.3, 0.4) is 0 Å². The van der Waals surface area contributed by atoms with Crippen LogP contribution in [0.2, 0.25) is 0 Å². The number of benzene rings is 2. The first kappa shape index (κ1) is 11.2. The molecule has 0 fully saturated rings. The number of hydrogen-bond acceptors (Lipinski definition) is 3. The Hall–Kier alpha value is -2.86. The summed E-state index contributed by atoms with van der Waals surface area (Å²) >= 11 is 0. The Morgan fingerprint density at radius 3 is 2.63 bits per heavy atom. The summed E-state index contributed by atoms with van der Waals surface area (Å²) in [5.41, 5.74) is 3.08. The largest absolute Gasteiger partial charge is 0.437 e. The minimum atomic E-state index is 0.536. The van der Waals surface area contributed by atoms with E-state index >= 15 is 0 Å². The molecule has 3 aromatic rings. The Labute approximate surface area is 110 Å². The number of rotatable bonds is 2. The molecule has 0 saturated carbocycles. The SMILES string of the molecule is N#Cc1ccccc1C=Cc1nc2ccccc2o1. The number of nitriles is 1. The molecule has 19 heavy (non-hydrogen) atoms. The number of nitrogens with zero attached hydrogens (tertiary/aromatic N) is 2. The molecule has 0 aliphatic heterocycles. The van der Waals surface area contributed by atoms with Crippen LogP contribution < -0.4 is 0 Å². The third kappa shape index (κ3) is 2.24. The van der Waals surface area contributed by atoms with Crippen LogP contribution in [0.4, 0.5) is 0 Å². The summed E-state index contributed by atoms with van der Waals surface area (Å²) in [6, 6.07) is 17.2. The second kappa shape index (κ2) is 4.79. The highest BCUT2D eigenvalue weighted by molar-refractivity contribution is 5.76. The van der Waals surface area contributed by atoms with Crippen molar-refractivity contribution in [2.45, 2.75) is 0 Å². The first-order valence-corrected chi connectivity index (χ1v) is 5.89. The lowest BCUT2D eigenvalue weighted by Crippen LogP contribution is -1.79. The van der Waals surface area contributed by atoms with E-state index in [-0.39, 0.29) is 0 Å². The molecule has 0 N–H and O–H groups in total. The van der Waals surface area contributed by atoms with Crippen molar-refractivity contribution in [2.24, 2.45) is 0 Å². The van der Waals surface area contributed by atoms with Crippen molar-refractivity contribution in [3.8, 4) is 6.07 Å². The summed E-state index contributed by atoms with van der Waals surface area (Å²) in [5, 5.41) is 9.01. The Morgan fingerprint density at radius 2 is 1.79 bits per heavy atom. The van der Waals surface area contributed by atoms with E-state index in [1.165, 1.54) is 0 Å². The molecule has 0 unspecified atom stereocenters. The molecule has 1 aromatic heterocycles. The summed E-state index contributed by atoms with van der Waals surface area (Å²) < 4.78 is 5.58. The van der Waals surface area contributed by atoms with Gasteiger partial charge in [0.1, 0.15) is 5.52 Å². The van der Waals surface area contributed by atoms with Gasteiger partial charge >= 0.3 is 0 Å². The average Bonchev–Trinajstić information content (AvgIpc) is 2.88. The number of oxazole rings is 1. The molecular weight excluding hydrogens is 236 g/mol. The van der Waals surface area contributed by atoms with Gasteiger partial charge in [0.2, 0.25) is 5.89 Å². The van der Waals surface area contributed by atoms with E-state index in [4.69, 9.17) is 9.68 Å². The number of aromatic nitrogens is 1. The van der Waals surface area contributed by atoms with Gasteiger partial charge in [-0.1, -0.05) is 30.3 Å². The lowest BCUT2D eigenvalue weighted by atomic mass is 10.1. The summed E-state index contributed by atoms with van der Waals surface area (Å²) in [5.74, 6) is 0.536. The third-order valence-electron chi connectivity index (χ3n) is 2.80. The molecule has 3 nitrogen and oxygen atoms in total. The smallest absolute Gasteiger partial charge is 0.220 e. The van der Waals surface area contributed by atoms with Crippen LogP contribution in [0.5, 0.6) is 0 Å². The molecule has 0 aliphatic carbocycles. The van der Waals surface area contributed by atoms with Crippen molar-refractivity contribution in [1.29, 1.82) is 5.26 Å². The molecule has 90 valence electrons. The zero-order valence-corrected chi connectivity index (χ0v) is 10.1. The molecule has 0 saturated heterocycles. The predicted octanol–water partition coefficient (Wildman–Crippen LogP) is 3.87. The first-order valence-electron chi connectivity index (χ1n) is 5.89. The van der Waals surface area contributed by atoms with Gasteiger partial charge in [-0.15, -0.1) is 0 Å². The van der Waals surface area contributed by atoms with Crippen molar-refractivity contribution < 1.29 is 4.42 Å². The lowest BCUT2D eigenvalue weighted by molar-refractivity contribution is 0.590. The van der Waals surface area contributed by atoms with Gasteiger partial charge in [0, 0.05) is 6.08 Å². The standard InChI is InChI=1S/C16H10N2O/c17-11-13-6-2-1-5-12(13)9-10-16-18-14-7-3-4-8-15(14)19-16/h1-10H. The topological polar surface area (TPSA) is 49.8 Å². The average molecular weight is 246 g/mol. The van der Waals surface area contributed by atoms with E-state index in [2.05, 4.69) is 11.1 Å². The molecule has 0 amide bonds. The highest BCUT2D eigenvalue weighted by atomic mass is 16.3. The molecule has 3 rings (SSSR count). The predicted molar refractivity (Wildman–Crippen MR) is 74.1 cm³/mol. The molecule has 2 aromatic carbocycles. The fourth-order valence-corrected chi connectivity index (χ4v) is 1.87. The first-order chi connectivity index (χ1) is 9.36. The quantitative estimate of drug-likeness (QED) is 0.689. The van der Waals surface area contributed by atoms with Crippen molar-refractivity contribution >= 4 is 23.3 Å². The molecule has 3 heteroatoms. The monoisotopic (exact) mass is 246 g/mol. The van der Waals surface area contributed by atoms with E-state index in [0.717, 1.165) is 16.7 Å². The number of hydrogen-bond donors (Lipinski definition) is 0. The minimum absolute atomic E-state index is 0.536. The lowest BCUT2D eigenvalue weighted by Gasteiger charge is -1.94. The van der Waals surface area contributed by atoms with Crippen LogP contribution in [0.1, 0.15) is 17.0 Å². The van der Waals surface area contributed by atoms with E-state index in [1.54, 1.807) is 12.1 Å². The van der Waals surface area contributed by atoms with Gasteiger partial charge in [-0.3, -0.25) is 0 Å². The van der Waals surface area contributed by atoms with Gasteiger partial charge < -0.3 is 4.42 Å². The van der Waals surface area contributed by atoms with Crippen molar-refractivity contribution in [2.75, 3.05) is 0 Å². The zero-order chi connectivity index (χ0) is 13.1.